The molecule has 0 spiro atoms. The first-order valence-electron chi connectivity index (χ1n) is 14.3. The number of carbonyl (C=O) groups excluding carboxylic acids is 5. The molecule has 4 aliphatic carbocycles. The van der Waals surface area contributed by atoms with Gasteiger partial charge in [0, 0.05) is 25.7 Å². The number of allylic oxidation sites excluding steroid dienone is 1. The van der Waals surface area contributed by atoms with Crippen LogP contribution in [0.5, 0.6) is 0 Å². The van der Waals surface area contributed by atoms with Gasteiger partial charge < -0.3 is 18.9 Å². The van der Waals surface area contributed by atoms with Crippen LogP contribution in [0.15, 0.2) is 11.6 Å². The van der Waals surface area contributed by atoms with Crippen LogP contribution in [0.1, 0.15) is 91.9 Å². The van der Waals surface area contributed by atoms with Crippen LogP contribution in [0.4, 0.5) is 0 Å². The molecular formula is C30H42O9. The zero-order valence-corrected chi connectivity index (χ0v) is 23.6. The van der Waals surface area contributed by atoms with Gasteiger partial charge in [-0.25, -0.2) is 0 Å². The van der Waals surface area contributed by atoms with Crippen LogP contribution in [0.25, 0.3) is 0 Å². The average molecular weight is 547 g/mol. The zero-order chi connectivity index (χ0) is 28.4. The van der Waals surface area contributed by atoms with E-state index in [9.17, 15) is 24.0 Å². The van der Waals surface area contributed by atoms with Crippen molar-refractivity contribution in [2.45, 2.75) is 104 Å². The molecule has 9 nitrogen and oxygen atoms in total. The molecule has 0 amide bonds. The van der Waals surface area contributed by atoms with Crippen molar-refractivity contribution in [2.75, 3.05) is 13.2 Å². The summed E-state index contributed by atoms with van der Waals surface area (Å²) in [5.41, 5.74) is 1.37. The van der Waals surface area contributed by atoms with E-state index in [4.69, 9.17) is 18.9 Å². The lowest BCUT2D eigenvalue weighted by atomic mass is 9.47. The lowest BCUT2D eigenvalue weighted by molar-refractivity contribution is -0.168. The molecule has 9 heteroatoms. The fourth-order valence-electron chi connectivity index (χ4n) is 7.91. The molecule has 0 bridgehead atoms. The van der Waals surface area contributed by atoms with Crippen LogP contribution in [-0.2, 0) is 42.9 Å². The molecule has 3 saturated carbocycles. The fourth-order valence-corrected chi connectivity index (χ4v) is 7.91. The number of esters is 4. The van der Waals surface area contributed by atoms with Gasteiger partial charge in [-0.05, 0) is 74.2 Å². The maximum absolute atomic E-state index is 12.8. The molecule has 0 aromatic rings. The molecule has 0 aliphatic heterocycles. The molecule has 0 aromatic carbocycles. The Morgan fingerprint density at radius 2 is 1.54 bits per heavy atom. The molecular weight excluding hydrogens is 504 g/mol. The summed E-state index contributed by atoms with van der Waals surface area (Å²) in [5, 5.41) is 0. The monoisotopic (exact) mass is 546 g/mol. The van der Waals surface area contributed by atoms with Gasteiger partial charge in [-0.3, -0.25) is 24.0 Å². The van der Waals surface area contributed by atoms with Crippen LogP contribution in [0, 0.1) is 28.6 Å². The van der Waals surface area contributed by atoms with Crippen molar-refractivity contribution in [3.8, 4) is 0 Å². The Hall–Kier alpha value is -2.71. The number of hydrogen-bond acceptors (Lipinski definition) is 9. The lowest BCUT2D eigenvalue weighted by Crippen LogP contribution is -2.51. The van der Waals surface area contributed by atoms with E-state index in [1.807, 2.05) is 6.08 Å². The van der Waals surface area contributed by atoms with Gasteiger partial charge in [0.25, 0.3) is 0 Å². The van der Waals surface area contributed by atoms with Crippen LogP contribution in [0.3, 0.4) is 0 Å². The summed E-state index contributed by atoms with van der Waals surface area (Å²) in [4.78, 5) is 59.4. The summed E-state index contributed by atoms with van der Waals surface area (Å²) in [6.45, 7) is 6.59. The van der Waals surface area contributed by atoms with Crippen LogP contribution in [-0.4, -0.2) is 55.1 Å². The molecule has 3 fully saturated rings. The van der Waals surface area contributed by atoms with Gasteiger partial charge in [-0.15, -0.1) is 0 Å². The lowest BCUT2D eigenvalue weighted by Gasteiger charge is -2.57. The average Bonchev–Trinajstić information content (AvgIpc) is 3.20. The molecule has 216 valence electrons. The van der Waals surface area contributed by atoms with Gasteiger partial charge in [0.1, 0.15) is 19.3 Å². The molecule has 4 aliphatic rings. The second-order valence-electron chi connectivity index (χ2n) is 12.3. The maximum Gasteiger partial charge on any atom is 0.306 e. The Bertz CT molecular complexity index is 1010. The van der Waals surface area contributed by atoms with E-state index < -0.39 is 30.0 Å². The third-order valence-electron chi connectivity index (χ3n) is 9.93. The smallest absolute Gasteiger partial charge is 0.306 e. The van der Waals surface area contributed by atoms with Gasteiger partial charge in [0.2, 0.25) is 0 Å². The molecule has 1 unspecified atom stereocenters. The first kappa shape index (κ1) is 29.3. The first-order chi connectivity index (χ1) is 18.4. The SMILES string of the molecule is CC(=O)OCC(COC(C)=O)OC(=O)CCC(=O)O[C@H]1CC[C@H]2[C@@H]3CCC4=CC(=O)CC[C@]4(C)[C@H]3CCC12C. The molecule has 0 N–H and O–H groups in total. The quantitative estimate of drug-likeness (QED) is 0.308. The second kappa shape index (κ2) is 11.8. The van der Waals surface area contributed by atoms with Crippen LogP contribution in [0.2, 0.25) is 0 Å². The highest BCUT2D eigenvalue weighted by molar-refractivity contribution is 5.91. The Balaban J connectivity index is 1.30. The van der Waals surface area contributed by atoms with Crippen LogP contribution < -0.4 is 0 Å². The molecule has 4 rings (SSSR count). The molecule has 0 saturated heterocycles. The predicted molar refractivity (Wildman–Crippen MR) is 139 cm³/mol. The molecule has 39 heavy (non-hydrogen) atoms. The van der Waals surface area contributed by atoms with Crippen molar-refractivity contribution < 1.29 is 42.9 Å². The van der Waals surface area contributed by atoms with Gasteiger partial charge in [0.05, 0.1) is 12.8 Å². The minimum Gasteiger partial charge on any atom is -0.462 e. The molecule has 0 radical (unpaired) electrons. The summed E-state index contributed by atoms with van der Waals surface area (Å²) >= 11 is 0. The van der Waals surface area contributed by atoms with E-state index >= 15 is 0 Å². The van der Waals surface area contributed by atoms with E-state index in [1.165, 1.54) is 19.4 Å². The van der Waals surface area contributed by atoms with Gasteiger partial charge in [-0.1, -0.05) is 19.4 Å². The van der Waals surface area contributed by atoms with Crippen molar-refractivity contribution in [1.29, 1.82) is 0 Å². The third-order valence-corrected chi connectivity index (χ3v) is 9.93. The number of ketones is 1. The molecule has 0 aromatic heterocycles. The topological polar surface area (TPSA) is 122 Å². The Morgan fingerprint density at radius 3 is 2.21 bits per heavy atom. The van der Waals surface area contributed by atoms with Crippen molar-refractivity contribution in [3.05, 3.63) is 11.6 Å². The van der Waals surface area contributed by atoms with E-state index in [0.29, 0.717) is 24.2 Å². The molecule has 6 atom stereocenters. The third kappa shape index (κ3) is 6.38. The van der Waals surface area contributed by atoms with Gasteiger partial charge >= 0.3 is 23.9 Å². The largest absolute Gasteiger partial charge is 0.462 e. The molecule has 0 heterocycles. The normalized spacial score (nSPS) is 33.3. The highest BCUT2D eigenvalue weighted by Gasteiger charge is 2.60. The Kier molecular flexibility index (Phi) is 8.86. The highest BCUT2D eigenvalue weighted by Crippen LogP contribution is 2.65. The summed E-state index contributed by atoms with van der Waals surface area (Å²) in [6, 6.07) is 0. The number of carbonyl (C=O) groups is 5. The Morgan fingerprint density at radius 1 is 0.872 bits per heavy atom. The van der Waals surface area contributed by atoms with Crippen LogP contribution >= 0.6 is 0 Å². The number of fused-ring (bicyclic) bond motifs is 5. The van der Waals surface area contributed by atoms with Crippen molar-refractivity contribution in [3.63, 3.8) is 0 Å². The van der Waals surface area contributed by atoms with Gasteiger partial charge in [0.15, 0.2) is 11.9 Å². The van der Waals surface area contributed by atoms with Crippen molar-refractivity contribution in [1.82, 2.24) is 0 Å². The van der Waals surface area contributed by atoms with E-state index in [2.05, 4.69) is 13.8 Å². The van der Waals surface area contributed by atoms with E-state index in [1.54, 1.807) is 0 Å². The fraction of sp³-hybridized carbons (Fsp3) is 0.767. The number of hydrogen-bond donors (Lipinski definition) is 0. The summed E-state index contributed by atoms with van der Waals surface area (Å²) in [5.74, 6) is -0.285. The van der Waals surface area contributed by atoms with Crippen molar-refractivity contribution in [2.24, 2.45) is 28.6 Å². The van der Waals surface area contributed by atoms with Gasteiger partial charge in [-0.2, -0.15) is 0 Å². The number of ether oxygens (including phenoxy) is 4. The highest BCUT2D eigenvalue weighted by atomic mass is 16.6. The number of rotatable bonds is 9. The maximum atomic E-state index is 12.8. The predicted octanol–water partition coefficient (Wildman–Crippen LogP) is 4.25. The minimum absolute atomic E-state index is 0.0848. The van der Waals surface area contributed by atoms with E-state index in [0.717, 1.165) is 44.9 Å². The Labute approximate surface area is 230 Å². The summed E-state index contributed by atoms with van der Waals surface area (Å²) in [6.07, 6.45) is 8.09. The summed E-state index contributed by atoms with van der Waals surface area (Å²) in [7, 11) is 0. The standard InChI is InChI=1S/C30H42O9/c1-18(31)36-16-22(17-37-19(2)32)38-27(34)9-10-28(35)39-26-8-7-24-23-6-5-20-15-21(33)11-13-29(20,3)25(23)12-14-30(24,26)4/h15,22-26H,5-14,16-17H2,1-4H3/t23-,24-,25-,26-,29-,30?/m0/s1. The second-order valence-corrected chi connectivity index (χ2v) is 12.3. The van der Waals surface area contributed by atoms with E-state index in [-0.39, 0.29) is 48.8 Å². The van der Waals surface area contributed by atoms with Crippen molar-refractivity contribution >= 4 is 29.7 Å². The zero-order valence-electron chi connectivity index (χ0n) is 23.6. The first-order valence-corrected chi connectivity index (χ1v) is 14.3. The minimum atomic E-state index is -0.944. The summed E-state index contributed by atoms with van der Waals surface area (Å²) < 4.78 is 21.0.